The number of piperazine rings is 1. The summed E-state index contributed by atoms with van der Waals surface area (Å²) < 4.78 is 5.03. The van der Waals surface area contributed by atoms with E-state index in [9.17, 15) is 19.2 Å². The van der Waals surface area contributed by atoms with Crippen LogP contribution in [0.2, 0.25) is 0 Å². The highest BCUT2D eigenvalue weighted by Gasteiger charge is 2.39. The largest absolute Gasteiger partial charge is 0.450 e. The highest BCUT2D eigenvalue weighted by molar-refractivity contribution is 6.05. The number of anilines is 1. The predicted molar refractivity (Wildman–Crippen MR) is 122 cm³/mol. The molecular weight excluding hydrogens is 424 g/mol. The molecule has 4 amide bonds. The van der Waals surface area contributed by atoms with E-state index >= 15 is 0 Å². The molecule has 1 saturated carbocycles. The smallest absolute Gasteiger partial charge is 0.409 e. The van der Waals surface area contributed by atoms with E-state index < -0.39 is 5.92 Å². The second-order valence-electron chi connectivity index (χ2n) is 8.90. The van der Waals surface area contributed by atoms with Crippen molar-refractivity contribution in [2.24, 2.45) is 5.92 Å². The molecule has 2 heterocycles. The van der Waals surface area contributed by atoms with Crippen molar-refractivity contribution in [1.29, 1.82) is 0 Å². The van der Waals surface area contributed by atoms with Crippen molar-refractivity contribution in [2.45, 2.75) is 45.1 Å². The van der Waals surface area contributed by atoms with Crippen molar-refractivity contribution in [3.63, 3.8) is 0 Å². The normalized spacial score (nSPS) is 21.4. The summed E-state index contributed by atoms with van der Waals surface area (Å²) in [5.41, 5.74) is 0.861. The third-order valence-electron chi connectivity index (χ3n) is 6.80. The summed E-state index contributed by atoms with van der Waals surface area (Å²) in [4.78, 5) is 55.7. The summed E-state index contributed by atoms with van der Waals surface area (Å²) in [6.07, 6.45) is 4.15. The van der Waals surface area contributed by atoms with E-state index in [1.807, 2.05) is 4.90 Å². The molecule has 9 heteroatoms. The molecule has 3 fully saturated rings. The molecule has 0 radical (unpaired) electrons. The van der Waals surface area contributed by atoms with E-state index in [-0.39, 0.29) is 36.3 Å². The number of likely N-dealkylation sites (tertiary alicyclic amines) is 1. The number of nitrogens with one attached hydrogen (secondary N) is 1. The lowest BCUT2D eigenvalue weighted by Gasteiger charge is -2.34. The topological polar surface area (TPSA) is 99.3 Å². The van der Waals surface area contributed by atoms with Crippen molar-refractivity contribution in [2.75, 3.05) is 44.6 Å². The summed E-state index contributed by atoms with van der Waals surface area (Å²) in [5.74, 6) is -0.777. The van der Waals surface area contributed by atoms with Crippen LogP contribution in [0.3, 0.4) is 0 Å². The van der Waals surface area contributed by atoms with Crippen LogP contribution < -0.4 is 5.32 Å². The number of hydrogen-bond acceptors (Lipinski definition) is 5. The van der Waals surface area contributed by atoms with Crippen LogP contribution in [0, 0.1) is 5.92 Å². The molecule has 1 atom stereocenters. The molecule has 2 aliphatic heterocycles. The third-order valence-corrected chi connectivity index (χ3v) is 6.80. The Hall–Kier alpha value is -3.10. The number of hydrogen-bond donors (Lipinski definition) is 1. The van der Waals surface area contributed by atoms with Crippen LogP contribution in [-0.2, 0) is 14.3 Å². The molecule has 4 rings (SSSR count). The van der Waals surface area contributed by atoms with Gasteiger partial charge >= 0.3 is 6.09 Å². The first-order valence-corrected chi connectivity index (χ1v) is 11.9. The van der Waals surface area contributed by atoms with Crippen LogP contribution in [0.25, 0.3) is 0 Å². The highest BCUT2D eigenvalue weighted by Crippen LogP contribution is 2.30. The van der Waals surface area contributed by atoms with Crippen LogP contribution in [0.5, 0.6) is 0 Å². The number of ether oxygens (including phenoxy) is 1. The molecule has 1 unspecified atom stereocenters. The molecule has 1 aromatic rings. The monoisotopic (exact) mass is 456 g/mol. The molecule has 0 spiro atoms. The van der Waals surface area contributed by atoms with Gasteiger partial charge in [-0.25, -0.2) is 4.79 Å². The van der Waals surface area contributed by atoms with Gasteiger partial charge in [0.15, 0.2) is 0 Å². The van der Waals surface area contributed by atoms with E-state index in [4.69, 9.17) is 4.74 Å². The predicted octanol–water partition coefficient (Wildman–Crippen LogP) is 2.33. The van der Waals surface area contributed by atoms with Gasteiger partial charge in [-0.15, -0.1) is 0 Å². The Labute approximate surface area is 194 Å². The Balaban J connectivity index is 1.37. The Bertz CT molecular complexity index is 906. The Morgan fingerprint density at radius 3 is 2.39 bits per heavy atom. The summed E-state index contributed by atoms with van der Waals surface area (Å²) in [6.45, 7) is 4.12. The minimum Gasteiger partial charge on any atom is -0.450 e. The van der Waals surface area contributed by atoms with Crippen molar-refractivity contribution in [1.82, 2.24) is 14.7 Å². The van der Waals surface area contributed by atoms with E-state index in [1.54, 1.807) is 41.0 Å². The van der Waals surface area contributed by atoms with Gasteiger partial charge < -0.3 is 24.8 Å². The molecule has 1 aliphatic carbocycles. The lowest BCUT2D eigenvalue weighted by Crippen LogP contribution is -2.50. The van der Waals surface area contributed by atoms with Crippen LogP contribution in [-0.4, -0.2) is 83.9 Å². The van der Waals surface area contributed by atoms with Crippen molar-refractivity contribution >= 4 is 29.5 Å². The highest BCUT2D eigenvalue weighted by atomic mass is 16.6. The van der Waals surface area contributed by atoms with Gasteiger partial charge in [-0.1, -0.05) is 25.0 Å². The van der Waals surface area contributed by atoms with Gasteiger partial charge in [-0.05, 0) is 31.9 Å². The zero-order valence-electron chi connectivity index (χ0n) is 19.1. The van der Waals surface area contributed by atoms with Gasteiger partial charge in [0, 0.05) is 45.2 Å². The molecule has 1 aromatic carbocycles. The number of para-hydroxylation sites is 1. The van der Waals surface area contributed by atoms with Crippen molar-refractivity contribution in [3.8, 4) is 0 Å². The third kappa shape index (κ3) is 5.12. The fourth-order valence-corrected chi connectivity index (χ4v) is 4.97. The maximum Gasteiger partial charge on any atom is 0.409 e. The standard InChI is InChI=1S/C24H32N4O5/c1-2-33-24(32)27-13-11-26(12-14-27)23(31)19-9-5-6-10-20(19)25-22(30)17-15-21(29)28(16-17)18-7-3-4-8-18/h5-6,9-10,17-18H,2-4,7-8,11-16H2,1H3,(H,25,30). The van der Waals surface area contributed by atoms with Crippen molar-refractivity contribution < 1.29 is 23.9 Å². The number of nitrogens with zero attached hydrogens (tertiary/aromatic N) is 3. The van der Waals surface area contributed by atoms with E-state index in [2.05, 4.69) is 5.32 Å². The molecule has 9 nitrogen and oxygen atoms in total. The molecule has 1 N–H and O–H groups in total. The fraction of sp³-hybridized carbons (Fsp3) is 0.583. The molecule has 2 saturated heterocycles. The summed E-state index contributed by atoms with van der Waals surface area (Å²) in [7, 11) is 0. The van der Waals surface area contributed by atoms with E-state index in [0.717, 1.165) is 25.7 Å². The lowest BCUT2D eigenvalue weighted by molar-refractivity contribution is -0.129. The SMILES string of the molecule is CCOC(=O)N1CCN(C(=O)c2ccccc2NC(=O)C2CC(=O)N(C3CCCC3)C2)CC1. The van der Waals surface area contributed by atoms with Crippen molar-refractivity contribution in [3.05, 3.63) is 29.8 Å². The first-order chi connectivity index (χ1) is 16.0. The number of carbonyl (C=O) groups is 4. The average molecular weight is 457 g/mol. The lowest BCUT2D eigenvalue weighted by atomic mass is 10.1. The van der Waals surface area contributed by atoms with E-state index in [1.165, 1.54) is 0 Å². The second kappa shape index (κ2) is 10.2. The number of benzene rings is 1. The Morgan fingerprint density at radius 2 is 1.70 bits per heavy atom. The first kappa shape index (κ1) is 23.1. The molecule has 0 bridgehead atoms. The maximum atomic E-state index is 13.2. The van der Waals surface area contributed by atoms with Crippen LogP contribution >= 0.6 is 0 Å². The fourth-order valence-electron chi connectivity index (χ4n) is 4.97. The number of rotatable bonds is 5. The zero-order chi connectivity index (χ0) is 23.4. The van der Waals surface area contributed by atoms with Gasteiger partial charge in [-0.2, -0.15) is 0 Å². The maximum absolute atomic E-state index is 13.2. The minimum absolute atomic E-state index is 0.0471. The van der Waals surface area contributed by atoms with Gasteiger partial charge in [0.25, 0.3) is 5.91 Å². The van der Waals surface area contributed by atoms with Gasteiger partial charge in [-0.3, -0.25) is 14.4 Å². The summed E-state index contributed by atoms with van der Waals surface area (Å²) in [5, 5.41) is 2.90. The number of amides is 4. The molecular formula is C24H32N4O5. The van der Waals surface area contributed by atoms with Gasteiger partial charge in [0.1, 0.15) is 0 Å². The molecule has 0 aromatic heterocycles. The molecule has 3 aliphatic rings. The van der Waals surface area contributed by atoms with Crippen LogP contribution in [0.1, 0.15) is 49.4 Å². The average Bonchev–Trinajstić information content (AvgIpc) is 3.49. The van der Waals surface area contributed by atoms with Gasteiger partial charge in [0.2, 0.25) is 11.8 Å². The summed E-state index contributed by atoms with van der Waals surface area (Å²) in [6, 6.07) is 7.21. The molecule has 178 valence electrons. The number of carbonyl (C=O) groups excluding carboxylic acids is 4. The second-order valence-corrected chi connectivity index (χ2v) is 8.90. The Kier molecular flexibility index (Phi) is 7.15. The Morgan fingerprint density at radius 1 is 1.03 bits per heavy atom. The van der Waals surface area contributed by atoms with E-state index in [0.29, 0.717) is 50.6 Å². The molecule has 33 heavy (non-hydrogen) atoms. The van der Waals surface area contributed by atoms with Crippen LogP contribution in [0.15, 0.2) is 24.3 Å². The quantitative estimate of drug-likeness (QED) is 0.733. The zero-order valence-corrected chi connectivity index (χ0v) is 19.1. The first-order valence-electron chi connectivity index (χ1n) is 11.9. The minimum atomic E-state index is -0.408. The van der Waals surface area contributed by atoms with Gasteiger partial charge in [0.05, 0.1) is 23.8 Å². The van der Waals surface area contributed by atoms with Crippen LogP contribution in [0.4, 0.5) is 10.5 Å². The summed E-state index contributed by atoms with van der Waals surface area (Å²) >= 11 is 0.